The quantitative estimate of drug-likeness (QED) is 0.701. The predicted octanol–water partition coefficient (Wildman–Crippen LogP) is 0.939. The van der Waals surface area contributed by atoms with Gasteiger partial charge in [0.15, 0.2) is 0 Å². The summed E-state index contributed by atoms with van der Waals surface area (Å²) >= 11 is 6.04. The third-order valence-corrected chi connectivity index (χ3v) is 2.76. The van der Waals surface area contributed by atoms with Crippen LogP contribution < -0.4 is 15.9 Å². The summed E-state index contributed by atoms with van der Waals surface area (Å²) in [5, 5.41) is 0.629. The number of rotatable bonds is 0. The SMILES string of the molecule is CCN.Clc1ccc2c3c1OCCOB3OC2. The fraction of sp³-hybridized carbons (Fsp3) is 0.455. The summed E-state index contributed by atoms with van der Waals surface area (Å²) in [7, 11) is -0.291. The van der Waals surface area contributed by atoms with E-state index in [4.69, 9.17) is 31.4 Å². The standard InChI is InChI=1S/C9H8BClO3.C2H7N/c11-7-2-1-6-5-14-10-8(6)9(7)12-3-4-13-10;1-2-3/h1-2H,3-5H2;2-3H2,1H3. The molecule has 0 aromatic heterocycles. The number of hydrogen-bond donors (Lipinski definition) is 1. The van der Waals surface area contributed by atoms with Crippen molar-refractivity contribution in [1.29, 1.82) is 0 Å². The Kier molecular flexibility index (Phi) is 4.28. The molecule has 92 valence electrons. The highest BCUT2D eigenvalue weighted by Crippen LogP contribution is 2.29. The Morgan fingerprint density at radius 2 is 2.12 bits per heavy atom. The van der Waals surface area contributed by atoms with E-state index < -0.39 is 0 Å². The summed E-state index contributed by atoms with van der Waals surface area (Å²) in [6.07, 6.45) is 0. The molecule has 6 heteroatoms. The highest BCUT2D eigenvalue weighted by Gasteiger charge is 2.36. The van der Waals surface area contributed by atoms with Crippen LogP contribution in [-0.2, 0) is 15.9 Å². The molecule has 2 aliphatic rings. The van der Waals surface area contributed by atoms with Crippen LogP contribution >= 0.6 is 11.6 Å². The van der Waals surface area contributed by atoms with E-state index in [9.17, 15) is 0 Å². The average molecular weight is 256 g/mol. The second-order valence-electron chi connectivity index (χ2n) is 3.72. The van der Waals surface area contributed by atoms with E-state index in [0.717, 1.165) is 23.3 Å². The minimum atomic E-state index is -0.291. The zero-order chi connectivity index (χ0) is 12.3. The van der Waals surface area contributed by atoms with Crippen LogP contribution in [0.2, 0.25) is 5.02 Å². The largest absolute Gasteiger partial charge is 0.498 e. The van der Waals surface area contributed by atoms with Gasteiger partial charge >= 0.3 is 7.12 Å². The van der Waals surface area contributed by atoms with Gasteiger partial charge in [0, 0.05) is 5.46 Å². The number of nitrogens with two attached hydrogens (primary N) is 1. The van der Waals surface area contributed by atoms with Crippen LogP contribution in [-0.4, -0.2) is 26.9 Å². The van der Waals surface area contributed by atoms with Crippen molar-refractivity contribution in [3.63, 3.8) is 0 Å². The first-order chi connectivity index (χ1) is 8.27. The van der Waals surface area contributed by atoms with E-state index >= 15 is 0 Å². The number of halogens is 1. The Balaban J connectivity index is 0.000000329. The number of hydrogen-bond acceptors (Lipinski definition) is 4. The summed E-state index contributed by atoms with van der Waals surface area (Å²) in [6, 6.07) is 3.80. The van der Waals surface area contributed by atoms with Crippen LogP contribution in [0.25, 0.3) is 0 Å². The molecule has 0 amide bonds. The second kappa shape index (κ2) is 5.73. The van der Waals surface area contributed by atoms with Gasteiger partial charge < -0.3 is 19.8 Å². The van der Waals surface area contributed by atoms with Gasteiger partial charge in [-0.25, -0.2) is 0 Å². The molecule has 0 saturated heterocycles. The minimum Gasteiger partial charge on any atom is -0.490 e. The maximum Gasteiger partial charge on any atom is 0.498 e. The first-order valence-corrected chi connectivity index (χ1v) is 6.03. The van der Waals surface area contributed by atoms with E-state index in [0.29, 0.717) is 24.8 Å². The van der Waals surface area contributed by atoms with E-state index in [1.165, 1.54) is 0 Å². The lowest BCUT2D eigenvalue weighted by Crippen LogP contribution is -2.31. The summed E-state index contributed by atoms with van der Waals surface area (Å²) in [5.41, 5.74) is 6.92. The molecule has 0 radical (unpaired) electrons. The number of benzene rings is 1. The van der Waals surface area contributed by atoms with Gasteiger partial charge in [0.2, 0.25) is 0 Å². The molecule has 17 heavy (non-hydrogen) atoms. The first kappa shape index (κ1) is 12.7. The maximum atomic E-state index is 6.04. The molecule has 0 aliphatic carbocycles. The van der Waals surface area contributed by atoms with Crippen molar-refractivity contribution < 1.29 is 14.0 Å². The molecule has 3 rings (SSSR count). The fourth-order valence-electron chi connectivity index (χ4n) is 1.82. The topological polar surface area (TPSA) is 53.7 Å². The molecule has 0 unspecified atom stereocenters. The monoisotopic (exact) mass is 255 g/mol. The Bertz CT molecular complexity index is 403. The van der Waals surface area contributed by atoms with Gasteiger partial charge in [-0.05, 0) is 18.2 Å². The van der Waals surface area contributed by atoms with Gasteiger partial charge in [-0.1, -0.05) is 24.6 Å². The Morgan fingerprint density at radius 3 is 2.88 bits per heavy atom. The molecule has 0 saturated carbocycles. The van der Waals surface area contributed by atoms with Crippen molar-refractivity contribution in [2.75, 3.05) is 19.8 Å². The molecular weight excluding hydrogens is 240 g/mol. The summed E-state index contributed by atoms with van der Waals surface area (Å²) in [6.45, 7) is 4.29. The molecule has 1 aromatic carbocycles. The normalized spacial score (nSPS) is 16.5. The summed E-state index contributed by atoms with van der Waals surface area (Å²) in [5.74, 6) is 0.726. The molecule has 0 atom stereocenters. The smallest absolute Gasteiger partial charge is 0.490 e. The third kappa shape index (κ3) is 2.58. The number of ether oxygens (including phenoxy) is 1. The van der Waals surface area contributed by atoms with E-state index in [-0.39, 0.29) is 7.12 Å². The van der Waals surface area contributed by atoms with Gasteiger partial charge in [-0.3, -0.25) is 0 Å². The highest BCUT2D eigenvalue weighted by atomic mass is 35.5. The van der Waals surface area contributed by atoms with Crippen LogP contribution in [0.15, 0.2) is 12.1 Å². The molecule has 0 bridgehead atoms. The van der Waals surface area contributed by atoms with Crippen molar-refractivity contribution >= 4 is 24.2 Å². The first-order valence-electron chi connectivity index (χ1n) is 5.65. The summed E-state index contributed by atoms with van der Waals surface area (Å²) in [4.78, 5) is 0. The van der Waals surface area contributed by atoms with Crippen LogP contribution in [0.4, 0.5) is 0 Å². The van der Waals surface area contributed by atoms with Crippen LogP contribution in [0, 0.1) is 0 Å². The summed E-state index contributed by atoms with van der Waals surface area (Å²) < 4.78 is 16.5. The Morgan fingerprint density at radius 1 is 1.35 bits per heavy atom. The van der Waals surface area contributed by atoms with Crippen molar-refractivity contribution in [2.24, 2.45) is 5.73 Å². The van der Waals surface area contributed by atoms with E-state index in [2.05, 4.69) is 0 Å². The fourth-order valence-corrected chi connectivity index (χ4v) is 2.04. The lowest BCUT2D eigenvalue weighted by molar-refractivity contribution is 0.180. The van der Waals surface area contributed by atoms with Crippen molar-refractivity contribution in [3.05, 3.63) is 22.7 Å². The molecule has 4 nitrogen and oxygen atoms in total. The van der Waals surface area contributed by atoms with Crippen LogP contribution in [0.3, 0.4) is 0 Å². The molecule has 0 fully saturated rings. The van der Waals surface area contributed by atoms with Gasteiger partial charge in [-0.15, -0.1) is 0 Å². The molecule has 1 aromatic rings. The highest BCUT2D eigenvalue weighted by molar-refractivity contribution is 6.64. The van der Waals surface area contributed by atoms with E-state index in [1.54, 1.807) is 0 Å². The Hall–Kier alpha value is -0.745. The molecule has 2 N–H and O–H groups in total. The zero-order valence-corrected chi connectivity index (χ0v) is 10.5. The lowest BCUT2D eigenvalue weighted by atomic mass is 9.78. The zero-order valence-electron chi connectivity index (χ0n) is 9.74. The lowest BCUT2D eigenvalue weighted by Gasteiger charge is -2.08. The van der Waals surface area contributed by atoms with Gasteiger partial charge in [0.25, 0.3) is 0 Å². The Labute approximate surface area is 106 Å². The maximum absolute atomic E-state index is 6.04. The van der Waals surface area contributed by atoms with Crippen molar-refractivity contribution in [3.8, 4) is 5.75 Å². The molecule has 2 heterocycles. The van der Waals surface area contributed by atoms with E-state index in [1.807, 2.05) is 19.1 Å². The van der Waals surface area contributed by atoms with Gasteiger partial charge in [0.05, 0.1) is 18.2 Å². The average Bonchev–Trinajstić information content (AvgIpc) is 2.58. The molecular formula is C11H15BClNO3. The molecule has 0 spiro atoms. The van der Waals surface area contributed by atoms with Gasteiger partial charge in [-0.2, -0.15) is 0 Å². The van der Waals surface area contributed by atoms with Crippen molar-refractivity contribution in [1.82, 2.24) is 0 Å². The second-order valence-corrected chi connectivity index (χ2v) is 4.13. The van der Waals surface area contributed by atoms with Crippen LogP contribution in [0.5, 0.6) is 5.75 Å². The van der Waals surface area contributed by atoms with Crippen LogP contribution in [0.1, 0.15) is 12.5 Å². The minimum absolute atomic E-state index is 0.291. The predicted molar refractivity (Wildman–Crippen MR) is 67.8 cm³/mol. The molecule has 2 aliphatic heterocycles. The van der Waals surface area contributed by atoms with Gasteiger partial charge in [0.1, 0.15) is 12.4 Å². The van der Waals surface area contributed by atoms with Crippen molar-refractivity contribution in [2.45, 2.75) is 13.5 Å². The third-order valence-electron chi connectivity index (χ3n) is 2.46.